The Hall–Kier alpha value is -2.34. The molecule has 2 N–H and O–H groups in total. The van der Waals surface area contributed by atoms with Crippen LogP contribution in [0.25, 0.3) is 5.69 Å². The fourth-order valence-corrected chi connectivity index (χ4v) is 3.20. The number of nitrogens with one attached hydrogen (secondary N) is 1. The van der Waals surface area contributed by atoms with E-state index in [9.17, 15) is 9.90 Å². The van der Waals surface area contributed by atoms with Gasteiger partial charge in [-0.2, -0.15) is 5.10 Å². The van der Waals surface area contributed by atoms with Gasteiger partial charge in [-0.25, -0.2) is 9.48 Å². The predicted molar refractivity (Wildman–Crippen MR) is 91.8 cm³/mol. The number of rotatable bonds is 4. The number of hydrogen-bond donors (Lipinski definition) is 2. The average molecular weight is 328 g/mol. The Morgan fingerprint density at radius 2 is 2.12 bits per heavy atom. The molecule has 1 aliphatic heterocycles. The molecule has 2 amide bonds. The van der Waals surface area contributed by atoms with Crippen LogP contribution in [0.5, 0.6) is 0 Å². The highest BCUT2D eigenvalue weighted by molar-refractivity contribution is 5.75. The summed E-state index contributed by atoms with van der Waals surface area (Å²) >= 11 is 0. The lowest BCUT2D eigenvalue weighted by Gasteiger charge is -2.33. The molecular weight excluding hydrogens is 304 g/mol. The smallest absolute Gasteiger partial charge is 0.318 e. The number of urea groups is 1. The van der Waals surface area contributed by atoms with Crippen LogP contribution in [0.2, 0.25) is 0 Å². The maximum atomic E-state index is 12.4. The number of aliphatic hydroxyl groups is 1. The van der Waals surface area contributed by atoms with Crippen LogP contribution in [0.1, 0.15) is 32.3 Å². The normalized spacial score (nSPS) is 18.0. The minimum atomic E-state index is -0.883. The molecule has 0 radical (unpaired) electrons. The van der Waals surface area contributed by atoms with Gasteiger partial charge in [0.15, 0.2) is 0 Å². The average Bonchev–Trinajstić information content (AvgIpc) is 3.22. The highest BCUT2D eigenvalue weighted by Crippen LogP contribution is 2.26. The summed E-state index contributed by atoms with van der Waals surface area (Å²) in [4.78, 5) is 14.2. The fourth-order valence-electron chi connectivity index (χ4n) is 3.20. The van der Waals surface area contributed by atoms with Crippen molar-refractivity contribution < 1.29 is 9.90 Å². The monoisotopic (exact) mass is 328 g/mol. The van der Waals surface area contributed by atoms with Crippen molar-refractivity contribution in [1.82, 2.24) is 20.0 Å². The van der Waals surface area contributed by atoms with Crippen LogP contribution >= 0.6 is 0 Å². The third kappa shape index (κ3) is 3.59. The molecule has 2 heterocycles. The zero-order valence-corrected chi connectivity index (χ0v) is 14.1. The second kappa shape index (κ2) is 6.65. The van der Waals surface area contributed by atoms with Crippen LogP contribution in [0.4, 0.5) is 4.79 Å². The molecule has 6 nitrogen and oxygen atoms in total. The molecule has 24 heavy (non-hydrogen) atoms. The fraction of sp³-hybridized carbons (Fsp3) is 0.444. The summed E-state index contributed by atoms with van der Waals surface area (Å²) < 4.78 is 1.79. The molecule has 0 saturated carbocycles. The molecular formula is C18H24N4O2. The van der Waals surface area contributed by atoms with E-state index in [0.717, 1.165) is 24.1 Å². The van der Waals surface area contributed by atoms with Gasteiger partial charge in [0, 0.05) is 24.8 Å². The molecule has 6 heteroatoms. The summed E-state index contributed by atoms with van der Waals surface area (Å²) in [5.74, 6) is 0. The number of likely N-dealkylation sites (tertiary alicyclic amines) is 1. The van der Waals surface area contributed by atoms with Crippen LogP contribution in [0, 0.1) is 0 Å². The van der Waals surface area contributed by atoms with E-state index in [0.29, 0.717) is 13.1 Å². The van der Waals surface area contributed by atoms with Gasteiger partial charge >= 0.3 is 6.03 Å². The topological polar surface area (TPSA) is 70.4 Å². The van der Waals surface area contributed by atoms with Crippen molar-refractivity contribution in [3.63, 3.8) is 0 Å². The number of amides is 2. The van der Waals surface area contributed by atoms with E-state index in [1.807, 2.05) is 36.5 Å². The van der Waals surface area contributed by atoms with Gasteiger partial charge in [0.25, 0.3) is 0 Å². The van der Waals surface area contributed by atoms with Crippen LogP contribution in [0.15, 0.2) is 42.7 Å². The van der Waals surface area contributed by atoms with Gasteiger partial charge in [-0.1, -0.05) is 18.2 Å². The summed E-state index contributed by atoms with van der Waals surface area (Å²) in [6.07, 6.45) is 5.43. The first-order chi connectivity index (χ1) is 11.4. The van der Waals surface area contributed by atoms with E-state index in [1.54, 1.807) is 29.6 Å². The van der Waals surface area contributed by atoms with Crippen LogP contribution < -0.4 is 5.32 Å². The Morgan fingerprint density at radius 3 is 2.83 bits per heavy atom. The molecule has 0 bridgehead atoms. The molecule has 1 aliphatic rings. The number of benzene rings is 1. The minimum absolute atomic E-state index is 0.132. The second-order valence-electron chi connectivity index (χ2n) is 6.79. The SMILES string of the molecule is CC(C)(O)[C@H]1CCCN1C(=O)NCc1cnn(-c2ccccc2)c1. The first-order valence-electron chi connectivity index (χ1n) is 8.31. The van der Waals surface area contributed by atoms with Gasteiger partial charge in [-0.3, -0.25) is 0 Å². The van der Waals surface area contributed by atoms with E-state index in [2.05, 4.69) is 10.4 Å². The van der Waals surface area contributed by atoms with Crippen molar-refractivity contribution in [2.45, 2.75) is 44.9 Å². The first kappa shape index (κ1) is 16.5. The van der Waals surface area contributed by atoms with E-state index >= 15 is 0 Å². The maximum Gasteiger partial charge on any atom is 0.318 e. The number of hydrogen-bond acceptors (Lipinski definition) is 3. The van der Waals surface area contributed by atoms with Crippen LogP contribution in [-0.4, -0.2) is 44.0 Å². The van der Waals surface area contributed by atoms with Crippen molar-refractivity contribution in [2.24, 2.45) is 0 Å². The number of carbonyl (C=O) groups is 1. The Balaban J connectivity index is 1.60. The summed E-state index contributed by atoms with van der Waals surface area (Å²) in [6.45, 7) is 4.62. The standard InChI is InChI=1S/C18H24N4O2/c1-18(2,24)16-9-6-10-21(16)17(23)19-11-14-12-20-22(13-14)15-7-4-3-5-8-15/h3-5,7-8,12-13,16,24H,6,9-11H2,1-2H3,(H,19,23)/t16-/m1/s1. The lowest BCUT2D eigenvalue weighted by Crippen LogP contribution is -2.51. The van der Waals surface area contributed by atoms with Gasteiger partial charge in [-0.15, -0.1) is 0 Å². The van der Waals surface area contributed by atoms with Gasteiger partial charge in [-0.05, 0) is 38.8 Å². The van der Waals surface area contributed by atoms with E-state index in [4.69, 9.17) is 0 Å². The molecule has 1 saturated heterocycles. The van der Waals surface area contributed by atoms with Crippen molar-refractivity contribution >= 4 is 6.03 Å². The van der Waals surface area contributed by atoms with Gasteiger partial charge in [0.05, 0.1) is 23.5 Å². The van der Waals surface area contributed by atoms with Crippen molar-refractivity contribution in [1.29, 1.82) is 0 Å². The third-order valence-electron chi connectivity index (χ3n) is 4.43. The van der Waals surface area contributed by atoms with Crippen molar-refractivity contribution in [2.75, 3.05) is 6.54 Å². The van der Waals surface area contributed by atoms with E-state index < -0.39 is 5.60 Å². The quantitative estimate of drug-likeness (QED) is 0.905. The molecule has 1 atom stereocenters. The number of carbonyl (C=O) groups excluding carboxylic acids is 1. The first-order valence-corrected chi connectivity index (χ1v) is 8.31. The Morgan fingerprint density at radius 1 is 1.38 bits per heavy atom. The molecule has 1 fully saturated rings. The maximum absolute atomic E-state index is 12.4. The third-order valence-corrected chi connectivity index (χ3v) is 4.43. The summed E-state index contributed by atoms with van der Waals surface area (Å²) in [5, 5.41) is 17.5. The lowest BCUT2D eigenvalue weighted by atomic mass is 9.97. The summed E-state index contributed by atoms with van der Waals surface area (Å²) in [5.41, 5.74) is 1.04. The predicted octanol–water partition coefficient (Wildman–Crippen LogP) is 2.32. The second-order valence-corrected chi connectivity index (χ2v) is 6.79. The molecule has 0 unspecified atom stereocenters. The van der Waals surface area contributed by atoms with Crippen LogP contribution in [0.3, 0.4) is 0 Å². The summed E-state index contributed by atoms with van der Waals surface area (Å²) in [6, 6.07) is 9.58. The Kier molecular flexibility index (Phi) is 4.57. The van der Waals surface area contributed by atoms with Crippen molar-refractivity contribution in [3.05, 3.63) is 48.3 Å². The number of para-hydroxylation sites is 1. The highest BCUT2D eigenvalue weighted by Gasteiger charge is 2.38. The van der Waals surface area contributed by atoms with E-state index in [1.165, 1.54) is 0 Å². The zero-order valence-electron chi connectivity index (χ0n) is 14.1. The Labute approximate surface area is 142 Å². The Bertz CT molecular complexity index is 691. The molecule has 3 rings (SSSR count). The minimum Gasteiger partial charge on any atom is -0.388 e. The molecule has 128 valence electrons. The molecule has 2 aromatic rings. The summed E-state index contributed by atoms with van der Waals surface area (Å²) in [7, 11) is 0. The number of aromatic nitrogens is 2. The zero-order chi connectivity index (χ0) is 17.2. The number of nitrogens with zero attached hydrogens (tertiary/aromatic N) is 3. The van der Waals surface area contributed by atoms with Crippen molar-refractivity contribution in [3.8, 4) is 5.69 Å². The molecule has 0 aliphatic carbocycles. The van der Waals surface area contributed by atoms with E-state index in [-0.39, 0.29) is 12.1 Å². The largest absolute Gasteiger partial charge is 0.388 e. The molecule has 0 spiro atoms. The van der Waals surface area contributed by atoms with Crippen LogP contribution in [-0.2, 0) is 6.54 Å². The molecule has 1 aromatic carbocycles. The molecule has 1 aromatic heterocycles. The van der Waals surface area contributed by atoms with Gasteiger partial charge in [0.2, 0.25) is 0 Å². The lowest BCUT2D eigenvalue weighted by molar-refractivity contribution is 0.00979. The highest BCUT2D eigenvalue weighted by atomic mass is 16.3. The van der Waals surface area contributed by atoms with Gasteiger partial charge < -0.3 is 15.3 Å². The van der Waals surface area contributed by atoms with Gasteiger partial charge in [0.1, 0.15) is 0 Å².